The van der Waals surface area contributed by atoms with Crippen LogP contribution in [0.15, 0.2) is 18.2 Å². The van der Waals surface area contributed by atoms with Crippen LogP contribution in [0.5, 0.6) is 0 Å². The molecule has 1 rings (SSSR count). The van der Waals surface area contributed by atoms with Crippen molar-refractivity contribution in [3.8, 4) is 0 Å². The number of halogens is 2. The average Bonchev–Trinajstić information content (AvgIpc) is 2.22. The Kier molecular flexibility index (Phi) is 4.49. The van der Waals surface area contributed by atoms with Crippen molar-refractivity contribution in [1.82, 2.24) is 5.32 Å². The molecular weight excluding hydrogens is 198 g/mol. The van der Waals surface area contributed by atoms with Crippen molar-refractivity contribution in [3.05, 3.63) is 29.8 Å². The summed E-state index contributed by atoms with van der Waals surface area (Å²) in [5, 5.41) is 3.01. The minimum Gasteiger partial charge on any atom is -0.372 e. The fraction of sp³-hybridized carbons (Fsp3) is 0.455. The minimum atomic E-state index is -0.410. The monoisotopic (exact) mass is 214 g/mol. The average molecular weight is 214 g/mol. The van der Waals surface area contributed by atoms with Gasteiger partial charge in [-0.15, -0.1) is 0 Å². The summed E-state index contributed by atoms with van der Waals surface area (Å²) in [4.78, 5) is 1.72. The van der Waals surface area contributed by atoms with E-state index in [2.05, 4.69) is 5.32 Å². The van der Waals surface area contributed by atoms with Crippen LogP contribution in [-0.2, 0) is 0 Å². The summed E-state index contributed by atoms with van der Waals surface area (Å²) >= 11 is 0. The molecule has 0 unspecified atom stereocenters. The van der Waals surface area contributed by atoms with E-state index in [1.54, 1.807) is 11.9 Å². The van der Waals surface area contributed by atoms with Crippen molar-refractivity contribution < 1.29 is 8.78 Å². The van der Waals surface area contributed by atoms with E-state index >= 15 is 0 Å². The lowest BCUT2D eigenvalue weighted by Crippen LogP contribution is -2.23. The zero-order valence-electron chi connectivity index (χ0n) is 9.06. The molecule has 0 atom stereocenters. The summed E-state index contributed by atoms with van der Waals surface area (Å²) in [6.45, 7) is 1.56. The van der Waals surface area contributed by atoms with Gasteiger partial charge in [0.2, 0.25) is 0 Å². The molecule has 0 radical (unpaired) electrons. The lowest BCUT2D eigenvalue weighted by molar-refractivity contribution is 0.594. The summed E-state index contributed by atoms with van der Waals surface area (Å²) in [6, 6.07) is 3.49. The first-order valence-corrected chi connectivity index (χ1v) is 4.96. The Morgan fingerprint density at radius 1 is 1.33 bits per heavy atom. The maximum atomic E-state index is 13.3. The van der Waals surface area contributed by atoms with E-state index in [-0.39, 0.29) is 5.82 Å². The number of hydrogen-bond donors (Lipinski definition) is 1. The Bertz CT molecular complexity index is 315. The second-order valence-electron chi connectivity index (χ2n) is 3.47. The van der Waals surface area contributed by atoms with E-state index in [9.17, 15) is 8.78 Å². The molecule has 1 aromatic rings. The van der Waals surface area contributed by atoms with Crippen molar-refractivity contribution in [3.63, 3.8) is 0 Å². The van der Waals surface area contributed by atoms with E-state index in [1.165, 1.54) is 6.07 Å². The number of anilines is 1. The topological polar surface area (TPSA) is 15.3 Å². The lowest BCUT2D eigenvalue weighted by atomic mass is 10.2. The SMILES string of the molecule is CNCCCN(C)c1cc(F)ccc1F. The van der Waals surface area contributed by atoms with Gasteiger partial charge in [0.05, 0.1) is 5.69 Å². The van der Waals surface area contributed by atoms with E-state index < -0.39 is 5.82 Å². The van der Waals surface area contributed by atoms with E-state index in [1.807, 2.05) is 7.05 Å². The largest absolute Gasteiger partial charge is 0.372 e. The van der Waals surface area contributed by atoms with Crippen LogP contribution in [0.4, 0.5) is 14.5 Å². The summed E-state index contributed by atoms with van der Waals surface area (Å²) in [5.74, 6) is -0.796. The highest BCUT2D eigenvalue weighted by Crippen LogP contribution is 2.19. The van der Waals surface area contributed by atoms with Crippen molar-refractivity contribution in [2.45, 2.75) is 6.42 Å². The van der Waals surface area contributed by atoms with Gasteiger partial charge < -0.3 is 10.2 Å². The summed E-state index contributed by atoms with van der Waals surface area (Å²) in [6.07, 6.45) is 0.892. The van der Waals surface area contributed by atoms with Gasteiger partial charge in [0.1, 0.15) is 11.6 Å². The molecule has 0 fully saturated rings. The highest BCUT2D eigenvalue weighted by atomic mass is 19.1. The van der Waals surface area contributed by atoms with Crippen LogP contribution in [0.2, 0.25) is 0 Å². The van der Waals surface area contributed by atoms with Gasteiger partial charge in [-0.05, 0) is 32.1 Å². The first-order chi connectivity index (χ1) is 7.15. The summed E-state index contributed by atoms with van der Waals surface area (Å²) < 4.78 is 26.2. The second-order valence-corrected chi connectivity index (χ2v) is 3.47. The number of nitrogens with one attached hydrogen (secondary N) is 1. The Labute approximate surface area is 88.9 Å². The molecule has 0 aliphatic carbocycles. The normalized spacial score (nSPS) is 10.4. The molecule has 0 aliphatic heterocycles. The standard InChI is InChI=1S/C11H16F2N2/c1-14-6-3-7-15(2)11-8-9(12)4-5-10(11)13/h4-5,8,14H,3,6-7H2,1-2H3. The van der Waals surface area contributed by atoms with Crippen molar-refractivity contribution in [2.75, 3.05) is 32.1 Å². The van der Waals surface area contributed by atoms with Gasteiger partial charge in [-0.3, -0.25) is 0 Å². The smallest absolute Gasteiger partial charge is 0.146 e. The van der Waals surface area contributed by atoms with Crippen LogP contribution in [0.25, 0.3) is 0 Å². The van der Waals surface area contributed by atoms with Crippen LogP contribution in [0.3, 0.4) is 0 Å². The molecule has 0 aromatic heterocycles. The first kappa shape index (κ1) is 11.9. The van der Waals surface area contributed by atoms with Crippen LogP contribution in [0, 0.1) is 11.6 Å². The number of benzene rings is 1. The van der Waals surface area contributed by atoms with Crippen LogP contribution in [0.1, 0.15) is 6.42 Å². The number of hydrogen-bond acceptors (Lipinski definition) is 2. The van der Waals surface area contributed by atoms with Gasteiger partial charge >= 0.3 is 0 Å². The van der Waals surface area contributed by atoms with Crippen molar-refractivity contribution in [1.29, 1.82) is 0 Å². The van der Waals surface area contributed by atoms with Crippen LogP contribution < -0.4 is 10.2 Å². The second kappa shape index (κ2) is 5.66. The molecule has 2 nitrogen and oxygen atoms in total. The Hall–Kier alpha value is -1.16. The first-order valence-electron chi connectivity index (χ1n) is 4.96. The maximum Gasteiger partial charge on any atom is 0.146 e. The molecule has 84 valence electrons. The van der Waals surface area contributed by atoms with Crippen LogP contribution >= 0.6 is 0 Å². The molecule has 0 saturated carbocycles. The van der Waals surface area contributed by atoms with Crippen molar-refractivity contribution in [2.24, 2.45) is 0 Å². The molecule has 0 saturated heterocycles. The molecule has 1 N–H and O–H groups in total. The lowest BCUT2D eigenvalue weighted by Gasteiger charge is -2.19. The zero-order valence-corrected chi connectivity index (χ0v) is 9.06. The Morgan fingerprint density at radius 2 is 2.07 bits per heavy atom. The summed E-state index contributed by atoms with van der Waals surface area (Å²) in [5.41, 5.74) is 0.311. The third kappa shape index (κ3) is 3.47. The predicted molar refractivity (Wildman–Crippen MR) is 58.2 cm³/mol. The van der Waals surface area contributed by atoms with Crippen molar-refractivity contribution >= 4 is 5.69 Å². The van der Waals surface area contributed by atoms with Gasteiger partial charge in [-0.2, -0.15) is 0 Å². The third-order valence-corrected chi connectivity index (χ3v) is 2.24. The third-order valence-electron chi connectivity index (χ3n) is 2.24. The zero-order chi connectivity index (χ0) is 11.3. The molecule has 4 heteroatoms. The molecule has 0 heterocycles. The van der Waals surface area contributed by atoms with E-state index in [0.717, 1.165) is 25.1 Å². The fourth-order valence-electron chi connectivity index (χ4n) is 1.39. The quantitative estimate of drug-likeness (QED) is 0.754. The number of nitrogens with zero attached hydrogens (tertiary/aromatic N) is 1. The Balaban J connectivity index is 2.64. The summed E-state index contributed by atoms with van der Waals surface area (Å²) in [7, 11) is 3.62. The number of rotatable bonds is 5. The van der Waals surface area contributed by atoms with E-state index in [0.29, 0.717) is 12.2 Å². The molecule has 0 bridgehead atoms. The predicted octanol–water partition coefficient (Wildman–Crippen LogP) is 2.01. The maximum absolute atomic E-state index is 13.3. The van der Waals surface area contributed by atoms with Gasteiger partial charge in [-0.1, -0.05) is 0 Å². The molecule has 0 amide bonds. The van der Waals surface area contributed by atoms with Gasteiger partial charge in [0, 0.05) is 19.7 Å². The molecule has 0 aliphatic rings. The van der Waals surface area contributed by atoms with Gasteiger partial charge in [-0.25, -0.2) is 8.78 Å². The molecule has 1 aromatic carbocycles. The molecule has 15 heavy (non-hydrogen) atoms. The Morgan fingerprint density at radius 3 is 2.73 bits per heavy atom. The highest BCUT2D eigenvalue weighted by Gasteiger charge is 2.07. The van der Waals surface area contributed by atoms with Crippen LogP contribution in [-0.4, -0.2) is 27.2 Å². The minimum absolute atomic E-state index is 0.311. The highest BCUT2D eigenvalue weighted by molar-refractivity contribution is 5.47. The van der Waals surface area contributed by atoms with Gasteiger partial charge in [0.25, 0.3) is 0 Å². The fourth-order valence-corrected chi connectivity index (χ4v) is 1.39. The molecule has 0 spiro atoms. The van der Waals surface area contributed by atoms with Gasteiger partial charge in [0.15, 0.2) is 0 Å². The molecular formula is C11H16F2N2. The van der Waals surface area contributed by atoms with E-state index in [4.69, 9.17) is 0 Å².